The third kappa shape index (κ3) is 4.79. The van der Waals surface area contributed by atoms with E-state index < -0.39 is 5.97 Å². The number of allylic oxidation sites excluding steroid dienone is 1. The molecule has 0 aliphatic heterocycles. The number of carboxylic acid groups (broad SMARTS) is 1. The number of carbonyl (C=O) groups is 1. The summed E-state index contributed by atoms with van der Waals surface area (Å²) in [4.78, 5) is 12.6. The molecule has 3 nitrogen and oxygen atoms in total. The van der Waals surface area contributed by atoms with E-state index in [0.717, 1.165) is 36.7 Å². The number of halogens is 1. The molecule has 0 aliphatic rings. The molecule has 1 aromatic carbocycles. The maximum atomic E-state index is 10.6. The Labute approximate surface area is 118 Å². The topological polar surface area (TPSA) is 40.5 Å². The summed E-state index contributed by atoms with van der Waals surface area (Å²) in [7, 11) is 1.95. The summed E-state index contributed by atoms with van der Waals surface area (Å²) < 4.78 is 0. The van der Waals surface area contributed by atoms with Gasteiger partial charge in [0.2, 0.25) is 0 Å². The van der Waals surface area contributed by atoms with Crippen molar-refractivity contribution < 1.29 is 9.90 Å². The van der Waals surface area contributed by atoms with Gasteiger partial charge in [-0.05, 0) is 30.5 Å². The van der Waals surface area contributed by atoms with Crippen LogP contribution in [0.2, 0.25) is 5.02 Å². The summed E-state index contributed by atoms with van der Waals surface area (Å²) >= 11 is 6.21. The van der Waals surface area contributed by atoms with E-state index in [9.17, 15) is 4.79 Å². The fraction of sp³-hybridized carbons (Fsp3) is 0.267. The first-order valence-electron chi connectivity index (χ1n) is 6.07. The van der Waals surface area contributed by atoms with Crippen LogP contribution in [0, 0.1) is 0 Å². The van der Waals surface area contributed by atoms with Crippen LogP contribution in [0.3, 0.4) is 0 Å². The fourth-order valence-corrected chi connectivity index (χ4v) is 2.14. The molecule has 0 heterocycles. The van der Waals surface area contributed by atoms with Crippen LogP contribution in [-0.2, 0) is 4.79 Å². The van der Waals surface area contributed by atoms with Gasteiger partial charge in [-0.2, -0.15) is 0 Å². The summed E-state index contributed by atoms with van der Waals surface area (Å²) in [6.07, 6.45) is 6.48. The van der Waals surface area contributed by atoms with E-state index in [1.807, 2.05) is 30.2 Å². The number of aliphatic carboxylic acids is 1. The highest BCUT2D eigenvalue weighted by Gasteiger charge is 2.09. The van der Waals surface area contributed by atoms with Gasteiger partial charge in [-0.25, -0.2) is 4.79 Å². The van der Waals surface area contributed by atoms with Gasteiger partial charge in [0.25, 0.3) is 0 Å². The summed E-state index contributed by atoms with van der Waals surface area (Å²) in [5, 5.41) is 9.32. The van der Waals surface area contributed by atoms with Crippen LogP contribution in [0.1, 0.15) is 18.4 Å². The first-order valence-corrected chi connectivity index (χ1v) is 6.45. The third-order valence-electron chi connectivity index (χ3n) is 2.71. The minimum absolute atomic E-state index is 0.619. The van der Waals surface area contributed by atoms with Gasteiger partial charge in [0.05, 0.1) is 10.7 Å². The zero-order valence-corrected chi connectivity index (χ0v) is 11.7. The van der Waals surface area contributed by atoms with Gasteiger partial charge in [-0.3, -0.25) is 0 Å². The molecule has 0 aliphatic carbocycles. The average molecular weight is 280 g/mol. The van der Waals surface area contributed by atoms with Crippen molar-refractivity contribution in [1.82, 2.24) is 0 Å². The molecule has 0 aromatic heterocycles. The number of hydrogen-bond donors (Lipinski definition) is 1. The van der Waals surface area contributed by atoms with Crippen LogP contribution >= 0.6 is 11.6 Å². The van der Waals surface area contributed by atoms with Crippen LogP contribution in [0.25, 0.3) is 6.08 Å². The van der Waals surface area contributed by atoms with Crippen LogP contribution in [-0.4, -0.2) is 24.7 Å². The lowest BCUT2D eigenvalue weighted by Crippen LogP contribution is -2.19. The predicted octanol–water partition coefficient (Wildman–Crippen LogP) is 3.84. The van der Waals surface area contributed by atoms with Gasteiger partial charge >= 0.3 is 5.97 Å². The number of benzene rings is 1. The number of nitrogens with zero attached hydrogens (tertiary/aromatic N) is 1. The van der Waals surface area contributed by atoms with Crippen molar-refractivity contribution in [2.24, 2.45) is 0 Å². The first kappa shape index (κ1) is 15.3. The normalized spacial score (nSPS) is 10.6. The highest BCUT2D eigenvalue weighted by Crippen LogP contribution is 2.30. The minimum Gasteiger partial charge on any atom is -0.478 e. The zero-order chi connectivity index (χ0) is 14.3. The molecule has 1 aromatic rings. The van der Waals surface area contributed by atoms with Crippen molar-refractivity contribution in [3.05, 3.63) is 47.5 Å². The summed E-state index contributed by atoms with van der Waals surface area (Å²) in [5.74, 6) is -0.972. The third-order valence-corrected chi connectivity index (χ3v) is 3.01. The molecule has 0 spiro atoms. The molecule has 102 valence electrons. The lowest BCUT2D eigenvalue weighted by molar-refractivity contribution is -0.131. The average Bonchev–Trinajstić information content (AvgIpc) is 2.36. The molecule has 0 atom stereocenters. The van der Waals surface area contributed by atoms with Crippen LogP contribution in [0.5, 0.6) is 0 Å². The van der Waals surface area contributed by atoms with Gasteiger partial charge in [0.15, 0.2) is 0 Å². The van der Waals surface area contributed by atoms with E-state index >= 15 is 0 Å². The van der Waals surface area contributed by atoms with Crippen molar-refractivity contribution in [2.45, 2.75) is 12.8 Å². The highest BCUT2D eigenvalue weighted by atomic mass is 35.5. The van der Waals surface area contributed by atoms with Gasteiger partial charge in [-0.15, -0.1) is 6.58 Å². The molecule has 1 rings (SSSR count). The number of rotatable bonds is 7. The summed E-state index contributed by atoms with van der Waals surface area (Å²) in [5.41, 5.74) is 1.65. The first-order chi connectivity index (χ1) is 9.06. The van der Waals surface area contributed by atoms with E-state index in [2.05, 4.69) is 6.58 Å². The Kier molecular flexibility index (Phi) is 6.16. The maximum Gasteiger partial charge on any atom is 0.328 e. The van der Waals surface area contributed by atoms with Crippen LogP contribution < -0.4 is 4.90 Å². The fourth-order valence-electron chi connectivity index (χ4n) is 1.81. The summed E-state index contributed by atoms with van der Waals surface area (Å²) in [6, 6.07) is 5.47. The second kappa shape index (κ2) is 7.64. The van der Waals surface area contributed by atoms with E-state index in [4.69, 9.17) is 16.7 Å². The Morgan fingerprint density at radius 3 is 2.89 bits per heavy atom. The number of unbranched alkanes of at least 4 members (excludes halogenated alkanes) is 1. The summed E-state index contributed by atoms with van der Waals surface area (Å²) in [6.45, 7) is 4.53. The number of hydrogen-bond acceptors (Lipinski definition) is 2. The van der Waals surface area contributed by atoms with Gasteiger partial charge in [0, 0.05) is 19.7 Å². The molecular formula is C15H18ClNO2. The Bertz CT molecular complexity index is 483. The highest BCUT2D eigenvalue weighted by molar-refractivity contribution is 6.33. The smallest absolute Gasteiger partial charge is 0.328 e. The quantitative estimate of drug-likeness (QED) is 0.468. The molecular weight excluding hydrogens is 262 g/mol. The number of para-hydroxylation sites is 1. The van der Waals surface area contributed by atoms with Gasteiger partial charge in [-0.1, -0.05) is 29.8 Å². The van der Waals surface area contributed by atoms with Crippen LogP contribution in [0.4, 0.5) is 5.69 Å². The Hall–Kier alpha value is -1.74. The zero-order valence-electron chi connectivity index (χ0n) is 11.0. The van der Waals surface area contributed by atoms with Gasteiger partial charge in [0.1, 0.15) is 0 Å². The number of anilines is 1. The van der Waals surface area contributed by atoms with Gasteiger partial charge < -0.3 is 10.0 Å². The second-order valence-electron chi connectivity index (χ2n) is 4.20. The largest absolute Gasteiger partial charge is 0.478 e. The van der Waals surface area contributed by atoms with Crippen molar-refractivity contribution in [3.8, 4) is 0 Å². The van der Waals surface area contributed by atoms with Crippen molar-refractivity contribution >= 4 is 29.3 Å². The van der Waals surface area contributed by atoms with Crippen molar-refractivity contribution in [2.75, 3.05) is 18.5 Å². The molecule has 4 heteroatoms. The monoisotopic (exact) mass is 279 g/mol. The molecule has 0 amide bonds. The van der Waals surface area contributed by atoms with E-state index in [-0.39, 0.29) is 0 Å². The molecule has 0 bridgehead atoms. The lowest BCUT2D eigenvalue weighted by Gasteiger charge is -2.22. The molecule has 0 saturated heterocycles. The van der Waals surface area contributed by atoms with E-state index in [0.29, 0.717) is 5.02 Å². The van der Waals surface area contributed by atoms with Crippen molar-refractivity contribution in [1.29, 1.82) is 0 Å². The Morgan fingerprint density at radius 1 is 1.53 bits per heavy atom. The molecule has 0 saturated carbocycles. The predicted molar refractivity (Wildman–Crippen MR) is 80.8 cm³/mol. The standard InChI is InChI=1S/C15H18ClNO2/c1-3-4-5-11-17(2)15-12(9-10-14(18)19)7-6-8-13(15)16/h3,6-10H,1,4-5,11H2,2H3,(H,18,19)/b10-9+. The number of carboxylic acids is 1. The molecule has 0 radical (unpaired) electrons. The lowest BCUT2D eigenvalue weighted by atomic mass is 10.1. The Balaban J connectivity index is 2.96. The molecule has 0 fully saturated rings. The second-order valence-corrected chi connectivity index (χ2v) is 4.61. The van der Waals surface area contributed by atoms with Crippen LogP contribution in [0.15, 0.2) is 36.9 Å². The Morgan fingerprint density at radius 2 is 2.26 bits per heavy atom. The van der Waals surface area contributed by atoms with Crippen molar-refractivity contribution in [3.63, 3.8) is 0 Å². The molecule has 0 unspecified atom stereocenters. The van der Waals surface area contributed by atoms with E-state index in [1.165, 1.54) is 0 Å². The molecule has 19 heavy (non-hydrogen) atoms. The molecule has 1 N–H and O–H groups in total. The maximum absolute atomic E-state index is 10.6. The minimum atomic E-state index is -0.972. The SMILES string of the molecule is C=CCCCN(C)c1c(Cl)cccc1/C=C/C(=O)O. The van der Waals surface area contributed by atoms with E-state index in [1.54, 1.807) is 12.1 Å².